The fourth-order valence-electron chi connectivity index (χ4n) is 2.15. The van der Waals surface area contributed by atoms with Crippen LogP contribution in [-0.4, -0.2) is 24.5 Å². The maximum Gasteiger partial charge on any atom is 0.270 e. The first-order valence-electron chi connectivity index (χ1n) is 7.80. The van der Waals surface area contributed by atoms with E-state index in [-0.39, 0.29) is 11.7 Å². The van der Waals surface area contributed by atoms with Gasteiger partial charge < -0.3 is 10.2 Å². The average molecular weight is 315 g/mol. The number of anilines is 1. The van der Waals surface area contributed by atoms with Crippen molar-refractivity contribution in [1.29, 1.82) is 0 Å². The summed E-state index contributed by atoms with van der Waals surface area (Å²) >= 11 is 0. The standard InChI is InChI=1S/C18H22FN3O/c1-3-4-11-22(2)16-9-10-17(20-13-16)18(23)21-12-14-5-7-15(19)8-6-14/h5-10,13H,3-4,11-12H2,1-2H3,(H,21,23). The maximum atomic E-state index is 12.8. The number of halogens is 1. The molecule has 0 saturated carbocycles. The molecule has 0 atom stereocenters. The van der Waals surface area contributed by atoms with Crippen LogP contribution >= 0.6 is 0 Å². The van der Waals surface area contributed by atoms with Crippen molar-refractivity contribution in [3.8, 4) is 0 Å². The number of carbonyl (C=O) groups excluding carboxylic acids is 1. The summed E-state index contributed by atoms with van der Waals surface area (Å²) in [6.45, 7) is 3.47. The number of hydrogen-bond acceptors (Lipinski definition) is 3. The van der Waals surface area contributed by atoms with E-state index in [9.17, 15) is 9.18 Å². The highest BCUT2D eigenvalue weighted by Gasteiger charge is 2.08. The number of carbonyl (C=O) groups is 1. The molecule has 0 unspecified atom stereocenters. The van der Waals surface area contributed by atoms with Gasteiger partial charge in [0.2, 0.25) is 0 Å². The number of benzene rings is 1. The molecule has 0 aliphatic carbocycles. The van der Waals surface area contributed by atoms with Gasteiger partial charge in [-0.15, -0.1) is 0 Å². The number of amides is 1. The topological polar surface area (TPSA) is 45.2 Å². The maximum absolute atomic E-state index is 12.8. The third-order valence-electron chi connectivity index (χ3n) is 3.63. The summed E-state index contributed by atoms with van der Waals surface area (Å²) in [5.74, 6) is -0.526. The van der Waals surface area contributed by atoms with Crippen LogP contribution in [0.15, 0.2) is 42.6 Å². The van der Waals surface area contributed by atoms with Crippen LogP contribution in [0.3, 0.4) is 0 Å². The number of nitrogens with one attached hydrogen (secondary N) is 1. The molecule has 0 spiro atoms. The minimum atomic E-state index is -0.287. The van der Waals surface area contributed by atoms with E-state index in [1.165, 1.54) is 12.1 Å². The summed E-state index contributed by atoms with van der Waals surface area (Å²) in [5.41, 5.74) is 2.21. The van der Waals surface area contributed by atoms with Crippen molar-refractivity contribution in [3.63, 3.8) is 0 Å². The van der Waals surface area contributed by atoms with Gasteiger partial charge in [0.15, 0.2) is 0 Å². The molecule has 5 heteroatoms. The Bertz CT molecular complexity index is 626. The third kappa shape index (κ3) is 5.06. The Balaban J connectivity index is 1.90. The normalized spacial score (nSPS) is 10.4. The van der Waals surface area contributed by atoms with Crippen molar-refractivity contribution in [1.82, 2.24) is 10.3 Å². The molecule has 4 nitrogen and oxygen atoms in total. The molecule has 0 fully saturated rings. The van der Waals surface area contributed by atoms with Crippen molar-refractivity contribution in [3.05, 3.63) is 59.7 Å². The lowest BCUT2D eigenvalue weighted by molar-refractivity contribution is 0.0946. The zero-order valence-electron chi connectivity index (χ0n) is 13.6. The molecule has 0 aliphatic rings. The molecule has 122 valence electrons. The zero-order valence-corrected chi connectivity index (χ0v) is 13.6. The molecule has 2 rings (SSSR count). The van der Waals surface area contributed by atoms with Crippen molar-refractivity contribution in [2.45, 2.75) is 26.3 Å². The Labute approximate surface area is 136 Å². The van der Waals surface area contributed by atoms with Crippen LogP contribution < -0.4 is 10.2 Å². The molecule has 1 N–H and O–H groups in total. The molecule has 23 heavy (non-hydrogen) atoms. The number of rotatable bonds is 7. The molecule has 0 aliphatic heterocycles. The van der Waals surface area contributed by atoms with Crippen LogP contribution in [-0.2, 0) is 6.54 Å². The summed E-state index contributed by atoms with van der Waals surface area (Å²) in [6.07, 6.45) is 3.97. The van der Waals surface area contributed by atoms with Gasteiger partial charge in [-0.3, -0.25) is 4.79 Å². The quantitative estimate of drug-likeness (QED) is 0.852. The Kier molecular flexibility index (Phi) is 6.09. The van der Waals surface area contributed by atoms with E-state index in [0.29, 0.717) is 12.2 Å². The Morgan fingerprint density at radius 1 is 1.22 bits per heavy atom. The number of hydrogen-bond donors (Lipinski definition) is 1. The predicted molar refractivity (Wildman–Crippen MR) is 90.0 cm³/mol. The predicted octanol–water partition coefficient (Wildman–Crippen LogP) is 3.39. The van der Waals surface area contributed by atoms with Crippen molar-refractivity contribution in [2.24, 2.45) is 0 Å². The number of aromatic nitrogens is 1. The van der Waals surface area contributed by atoms with Crippen LogP contribution in [0, 0.1) is 5.82 Å². The molecule has 1 amide bonds. The Hall–Kier alpha value is -2.43. The molecule has 2 aromatic rings. The molecular weight excluding hydrogens is 293 g/mol. The lowest BCUT2D eigenvalue weighted by Gasteiger charge is -2.18. The smallest absolute Gasteiger partial charge is 0.270 e. The van der Waals surface area contributed by atoms with E-state index in [0.717, 1.165) is 30.6 Å². The van der Waals surface area contributed by atoms with E-state index in [2.05, 4.69) is 22.1 Å². The molecule has 0 radical (unpaired) electrons. The van der Waals surface area contributed by atoms with E-state index in [4.69, 9.17) is 0 Å². The van der Waals surface area contributed by atoms with Gasteiger partial charge in [0, 0.05) is 20.1 Å². The fourth-order valence-corrected chi connectivity index (χ4v) is 2.15. The largest absolute Gasteiger partial charge is 0.373 e. The summed E-state index contributed by atoms with van der Waals surface area (Å²) in [7, 11) is 2.01. The number of nitrogens with zero attached hydrogens (tertiary/aromatic N) is 2. The van der Waals surface area contributed by atoms with Crippen LogP contribution in [0.5, 0.6) is 0 Å². The first-order valence-corrected chi connectivity index (χ1v) is 7.80. The Morgan fingerprint density at radius 2 is 1.96 bits per heavy atom. The molecule has 1 heterocycles. The van der Waals surface area contributed by atoms with Gasteiger partial charge in [0.1, 0.15) is 11.5 Å². The summed E-state index contributed by atoms with van der Waals surface area (Å²) in [4.78, 5) is 18.4. The summed E-state index contributed by atoms with van der Waals surface area (Å²) in [6, 6.07) is 9.66. The van der Waals surface area contributed by atoms with Gasteiger partial charge in [-0.1, -0.05) is 25.5 Å². The van der Waals surface area contributed by atoms with E-state index < -0.39 is 0 Å². The lowest BCUT2D eigenvalue weighted by atomic mass is 10.2. The fraction of sp³-hybridized carbons (Fsp3) is 0.333. The van der Waals surface area contributed by atoms with Gasteiger partial charge >= 0.3 is 0 Å². The van der Waals surface area contributed by atoms with Crippen molar-refractivity contribution >= 4 is 11.6 Å². The van der Waals surface area contributed by atoms with Crippen LogP contribution in [0.4, 0.5) is 10.1 Å². The highest BCUT2D eigenvalue weighted by atomic mass is 19.1. The molecule has 0 saturated heterocycles. The number of pyridine rings is 1. The third-order valence-corrected chi connectivity index (χ3v) is 3.63. The second-order valence-electron chi connectivity index (χ2n) is 5.49. The van der Waals surface area contributed by atoms with Crippen molar-refractivity contribution in [2.75, 3.05) is 18.5 Å². The first-order chi connectivity index (χ1) is 11.1. The lowest BCUT2D eigenvalue weighted by Crippen LogP contribution is -2.24. The molecule has 0 bridgehead atoms. The monoisotopic (exact) mass is 315 g/mol. The number of unbranched alkanes of at least 4 members (excludes halogenated alkanes) is 1. The average Bonchev–Trinajstić information content (AvgIpc) is 2.59. The Morgan fingerprint density at radius 3 is 2.57 bits per heavy atom. The van der Waals surface area contributed by atoms with Gasteiger partial charge in [0.25, 0.3) is 5.91 Å². The second-order valence-corrected chi connectivity index (χ2v) is 5.49. The molecule has 1 aromatic heterocycles. The highest BCUT2D eigenvalue weighted by Crippen LogP contribution is 2.12. The van der Waals surface area contributed by atoms with Gasteiger partial charge in [-0.2, -0.15) is 0 Å². The summed E-state index contributed by atoms with van der Waals surface area (Å²) in [5, 5.41) is 2.78. The van der Waals surface area contributed by atoms with Crippen LogP contribution in [0.2, 0.25) is 0 Å². The molecular formula is C18H22FN3O. The van der Waals surface area contributed by atoms with E-state index in [1.54, 1.807) is 24.4 Å². The second kappa shape index (κ2) is 8.27. The van der Waals surface area contributed by atoms with Crippen LogP contribution in [0.1, 0.15) is 35.8 Å². The SMILES string of the molecule is CCCCN(C)c1ccc(C(=O)NCc2ccc(F)cc2)nc1. The van der Waals surface area contributed by atoms with Gasteiger partial charge in [-0.25, -0.2) is 9.37 Å². The zero-order chi connectivity index (χ0) is 16.7. The van der Waals surface area contributed by atoms with Gasteiger partial charge in [0.05, 0.1) is 11.9 Å². The highest BCUT2D eigenvalue weighted by molar-refractivity contribution is 5.92. The van der Waals surface area contributed by atoms with E-state index in [1.807, 2.05) is 13.1 Å². The van der Waals surface area contributed by atoms with Crippen molar-refractivity contribution < 1.29 is 9.18 Å². The first kappa shape index (κ1) is 16.9. The molecule has 1 aromatic carbocycles. The minimum Gasteiger partial charge on any atom is -0.373 e. The summed E-state index contributed by atoms with van der Waals surface area (Å²) < 4.78 is 12.8. The van der Waals surface area contributed by atoms with E-state index >= 15 is 0 Å². The minimum absolute atomic E-state index is 0.239. The van der Waals surface area contributed by atoms with Crippen LogP contribution in [0.25, 0.3) is 0 Å². The van der Waals surface area contributed by atoms with Gasteiger partial charge in [-0.05, 0) is 36.2 Å².